The van der Waals surface area contributed by atoms with Crippen molar-refractivity contribution in [3.05, 3.63) is 16.6 Å². The molecule has 2 unspecified atom stereocenters. The van der Waals surface area contributed by atoms with Gasteiger partial charge in [-0.25, -0.2) is 0 Å². The molecule has 1 aromatic rings. The summed E-state index contributed by atoms with van der Waals surface area (Å²) < 4.78 is 0. The maximum Gasteiger partial charge on any atom is 0.0794 e. The van der Waals surface area contributed by atoms with Crippen molar-refractivity contribution in [3.63, 3.8) is 0 Å². The fourth-order valence-electron chi connectivity index (χ4n) is 2.86. The highest BCUT2D eigenvalue weighted by molar-refractivity contribution is 7.09. The molecule has 1 aliphatic rings. The summed E-state index contributed by atoms with van der Waals surface area (Å²) in [6, 6.07) is 0. The van der Waals surface area contributed by atoms with Gasteiger partial charge in [-0.05, 0) is 44.7 Å². The van der Waals surface area contributed by atoms with Crippen LogP contribution in [0.5, 0.6) is 0 Å². The van der Waals surface area contributed by atoms with Crippen molar-refractivity contribution in [2.45, 2.75) is 38.5 Å². The lowest BCUT2D eigenvalue weighted by Crippen LogP contribution is -2.26. The third kappa shape index (κ3) is 3.29. The van der Waals surface area contributed by atoms with Crippen LogP contribution in [0.3, 0.4) is 0 Å². The lowest BCUT2D eigenvalue weighted by Gasteiger charge is -2.24. The molecular formula is C13H22N2S. The molecule has 90 valence electrons. The van der Waals surface area contributed by atoms with Gasteiger partial charge >= 0.3 is 0 Å². The maximum absolute atomic E-state index is 4.19. The Labute approximate surface area is 102 Å². The number of hydrogen-bond acceptors (Lipinski definition) is 3. The topological polar surface area (TPSA) is 24.9 Å². The summed E-state index contributed by atoms with van der Waals surface area (Å²) >= 11 is 1.81. The first-order valence-electron chi connectivity index (χ1n) is 6.42. The van der Waals surface area contributed by atoms with Gasteiger partial charge in [-0.3, -0.25) is 4.98 Å². The van der Waals surface area contributed by atoms with Gasteiger partial charge in [0.05, 0.1) is 5.51 Å². The van der Waals surface area contributed by atoms with E-state index in [9.17, 15) is 0 Å². The summed E-state index contributed by atoms with van der Waals surface area (Å²) in [6.45, 7) is 1.18. The number of rotatable bonds is 4. The zero-order valence-corrected chi connectivity index (χ0v) is 10.9. The summed E-state index contributed by atoms with van der Waals surface area (Å²) in [7, 11) is 2.08. The van der Waals surface area contributed by atoms with E-state index in [4.69, 9.17) is 0 Å². The first-order valence-corrected chi connectivity index (χ1v) is 7.30. The summed E-state index contributed by atoms with van der Waals surface area (Å²) in [4.78, 5) is 5.65. The van der Waals surface area contributed by atoms with Crippen molar-refractivity contribution < 1.29 is 0 Å². The van der Waals surface area contributed by atoms with Crippen molar-refractivity contribution in [2.24, 2.45) is 11.8 Å². The molecule has 0 amide bonds. The van der Waals surface area contributed by atoms with E-state index in [1.807, 2.05) is 23.0 Å². The van der Waals surface area contributed by atoms with E-state index >= 15 is 0 Å². The van der Waals surface area contributed by atoms with Crippen LogP contribution in [0.4, 0.5) is 0 Å². The molecule has 16 heavy (non-hydrogen) atoms. The Morgan fingerprint density at radius 2 is 2.12 bits per heavy atom. The van der Waals surface area contributed by atoms with Crippen LogP contribution in [-0.2, 0) is 6.42 Å². The monoisotopic (exact) mass is 238 g/mol. The Kier molecular flexibility index (Phi) is 4.79. The fourth-order valence-corrected chi connectivity index (χ4v) is 3.55. The van der Waals surface area contributed by atoms with Crippen molar-refractivity contribution in [1.82, 2.24) is 10.3 Å². The Morgan fingerprint density at radius 3 is 2.81 bits per heavy atom. The fraction of sp³-hybridized carbons (Fsp3) is 0.769. The predicted molar refractivity (Wildman–Crippen MR) is 69.8 cm³/mol. The highest BCUT2D eigenvalue weighted by atomic mass is 32.1. The summed E-state index contributed by atoms with van der Waals surface area (Å²) in [6.07, 6.45) is 10.4. The molecule has 0 aromatic carbocycles. The van der Waals surface area contributed by atoms with E-state index < -0.39 is 0 Å². The lowest BCUT2D eigenvalue weighted by atomic mass is 9.85. The molecule has 0 saturated heterocycles. The second-order valence-electron chi connectivity index (χ2n) is 4.89. The van der Waals surface area contributed by atoms with Gasteiger partial charge in [-0.2, -0.15) is 0 Å². The average molecular weight is 238 g/mol. The second-order valence-corrected chi connectivity index (χ2v) is 5.86. The van der Waals surface area contributed by atoms with E-state index in [1.165, 1.54) is 49.9 Å². The van der Waals surface area contributed by atoms with Crippen LogP contribution >= 0.6 is 11.3 Å². The third-order valence-corrected chi connectivity index (χ3v) is 4.53. The molecule has 0 spiro atoms. The average Bonchev–Trinajstić information content (AvgIpc) is 2.69. The molecule has 1 heterocycles. The van der Waals surface area contributed by atoms with Gasteiger partial charge in [0.1, 0.15) is 0 Å². The molecule has 2 rings (SSSR count). The Hall–Kier alpha value is -0.410. The Balaban J connectivity index is 1.96. The summed E-state index contributed by atoms with van der Waals surface area (Å²) in [5.74, 6) is 1.74. The highest BCUT2D eigenvalue weighted by Crippen LogP contribution is 2.31. The molecule has 3 heteroatoms. The van der Waals surface area contributed by atoms with Crippen molar-refractivity contribution in [3.8, 4) is 0 Å². The number of nitrogens with one attached hydrogen (secondary N) is 1. The molecule has 1 fully saturated rings. The Morgan fingerprint density at radius 1 is 1.31 bits per heavy atom. The molecule has 0 aliphatic heterocycles. The molecule has 2 nitrogen and oxygen atoms in total. The normalized spacial score (nSPS) is 26.6. The predicted octanol–water partition coefficient (Wildman–Crippen LogP) is 3.10. The minimum absolute atomic E-state index is 0.870. The van der Waals surface area contributed by atoms with Crippen LogP contribution in [0.1, 0.15) is 37.0 Å². The van der Waals surface area contributed by atoms with Crippen molar-refractivity contribution >= 4 is 11.3 Å². The number of aromatic nitrogens is 1. The number of nitrogens with zero attached hydrogens (tertiary/aromatic N) is 1. The number of hydrogen-bond donors (Lipinski definition) is 1. The summed E-state index contributed by atoms with van der Waals surface area (Å²) in [5, 5.41) is 3.36. The molecule has 1 aliphatic carbocycles. The lowest BCUT2D eigenvalue weighted by molar-refractivity contribution is 0.305. The van der Waals surface area contributed by atoms with Gasteiger partial charge in [0.15, 0.2) is 0 Å². The molecular weight excluding hydrogens is 216 g/mol. The maximum atomic E-state index is 4.19. The van der Waals surface area contributed by atoms with Crippen LogP contribution in [0.25, 0.3) is 0 Å². The zero-order chi connectivity index (χ0) is 11.2. The first-order chi connectivity index (χ1) is 7.90. The van der Waals surface area contributed by atoms with Crippen LogP contribution < -0.4 is 5.32 Å². The largest absolute Gasteiger partial charge is 0.319 e. The van der Waals surface area contributed by atoms with Gasteiger partial charge < -0.3 is 5.32 Å². The van der Waals surface area contributed by atoms with E-state index in [0.717, 1.165) is 11.8 Å². The van der Waals surface area contributed by atoms with E-state index in [-0.39, 0.29) is 0 Å². The molecule has 1 saturated carbocycles. The van der Waals surface area contributed by atoms with E-state index in [2.05, 4.69) is 17.3 Å². The molecule has 1 N–H and O–H groups in total. The summed E-state index contributed by atoms with van der Waals surface area (Å²) in [5.41, 5.74) is 1.96. The van der Waals surface area contributed by atoms with Crippen LogP contribution in [0, 0.1) is 11.8 Å². The standard InChI is InChI=1S/C13H22N2S/c1-14-8-12-6-4-2-3-5-11(12)7-13-9-15-10-16-13/h9-12,14H,2-8H2,1H3. The van der Waals surface area contributed by atoms with Crippen molar-refractivity contribution in [2.75, 3.05) is 13.6 Å². The highest BCUT2D eigenvalue weighted by Gasteiger charge is 2.23. The van der Waals surface area contributed by atoms with Crippen LogP contribution in [-0.4, -0.2) is 18.6 Å². The Bertz CT molecular complexity index is 284. The van der Waals surface area contributed by atoms with Gasteiger partial charge in [0.2, 0.25) is 0 Å². The van der Waals surface area contributed by atoms with Crippen molar-refractivity contribution in [1.29, 1.82) is 0 Å². The zero-order valence-electron chi connectivity index (χ0n) is 10.1. The third-order valence-electron chi connectivity index (χ3n) is 3.73. The van der Waals surface area contributed by atoms with E-state index in [0.29, 0.717) is 0 Å². The van der Waals surface area contributed by atoms with Gasteiger partial charge in [0.25, 0.3) is 0 Å². The molecule has 0 radical (unpaired) electrons. The minimum Gasteiger partial charge on any atom is -0.319 e. The van der Waals surface area contributed by atoms with Crippen LogP contribution in [0.2, 0.25) is 0 Å². The molecule has 0 bridgehead atoms. The van der Waals surface area contributed by atoms with Crippen LogP contribution in [0.15, 0.2) is 11.7 Å². The van der Waals surface area contributed by atoms with Gasteiger partial charge in [-0.15, -0.1) is 11.3 Å². The quantitative estimate of drug-likeness (QED) is 0.815. The molecule has 2 atom stereocenters. The second kappa shape index (κ2) is 6.36. The number of thiazole rings is 1. The first kappa shape index (κ1) is 12.1. The SMILES string of the molecule is CNCC1CCCCCC1Cc1cncs1. The van der Waals surface area contributed by atoms with E-state index in [1.54, 1.807) is 0 Å². The minimum atomic E-state index is 0.870. The molecule has 1 aromatic heterocycles. The van der Waals surface area contributed by atoms with Gasteiger partial charge in [0, 0.05) is 11.1 Å². The van der Waals surface area contributed by atoms with Gasteiger partial charge in [-0.1, -0.05) is 19.3 Å². The smallest absolute Gasteiger partial charge is 0.0794 e.